The Morgan fingerprint density at radius 1 is 1.07 bits per heavy atom. The maximum Gasteiger partial charge on any atom is 0.0681 e. The fraction of sp³-hybridized carbons (Fsp3) is 0.500. The topological polar surface area (TPSA) is 23.5 Å². The molecule has 14 heavy (non-hydrogen) atoms. The molecule has 0 saturated heterocycles. The van der Waals surface area contributed by atoms with Crippen molar-refractivity contribution in [2.75, 3.05) is 20.6 Å². The minimum Gasteiger partial charge on any atom is -0.392 e. The Kier molecular flexibility index (Phi) is 4.63. The molecule has 2 heteroatoms. The summed E-state index contributed by atoms with van der Waals surface area (Å²) in [5.41, 5.74) is 2.34. The summed E-state index contributed by atoms with van der Waals surface area (Å²) in [7, 11) is 4.18. The highest BCUT2D eigenvalue weighted by molar-refractivity contribution is 5.21. The average Bonchev–Trinajstić information content (AvgIpc) is 2.18. The molecule has 2 nitrogen and oxygen atoms in total. The number of aliphatic hydroxyl groups excluding tert-OH is 1. The molecule has 0 spiro atoms. The lowest BCUT2D eigenvalue weighted by molar-refractivity contribution is 0.282. The molecule has 1 rings (SSSR count). The van der Waals surface area contributed by atoms with Crippen LogP contribution in [-0.2, 0) is 13.0 Å². The minimum atomic E-state index is 0.137. The minimum absolute atomic E-state index is 0.137. The van der Waals surface area contributed by atoms with Crippen LogP contribution in [0.1, 0.15) is 17.5 Å². The average molecular weight is 193 g/mol. The maximum atomic E-state index is 8.87. The first-order valence-electron chi connectivity index (χ1n) is 5.06. The first-order chi connectivity index (χ1) is 6.72. The Hall–Kier alpha value is -0.860. The maximum absolute atomic E-state index is 8.87. The number of aryl methyl sites for hydroxylation is 1. The molecule has 0 fully saturated rings. The smallest absolute Gasteiger partial charge is 0.0681 e. The number of nitrogens with zero attached hydrogens (tertiary/aromatic N) is 1. The predicted molar refractivity (Wildman–Crippen MR) is 59.2 cm³/mol. The molecule has 78 valence electrons. The standard InChI is InChI=1S/C12H19NO/c1-13(2)9-3-4-11-5-7-12(10-14)8-6-11/h5-8,14H,3-4,9-10H2,1-2H3. The van der Waals surface area contributed by atoms with Crippen molar-refractivity contribution in [2.24, 2.45) is 0 Å². The van der Waals surface area contributed by atoms with Gasteiger partial charge in [-0.15, -0.1) is 0 Å². The monoisotopic (exact) mass is 193 g/mol. The Bertz CT molecular complexity index is 254. The third-order valence-corrected chi connectivity index (χ3v) is 2.28. The van der Waals surface area contributed by atoms with E-state index >= 15 is 0 Å². The van der Waals surface area contributed by atoms with Crippen molar-refractivity contribution in [3.05, 3.63) is 35.4 Å². The summed E-state index contributed by atoms with van der Waals surface area (Å²) in [5.74, 6) is 0. The zero-order chi connectivity index (χ0) is 10.4. The third-order valence-electron chi connectivity index (χ3n) is 2.28. The highest BCUT2D eigenvalue weighted by Crippen LogP contribution is 2.06. The number of aliphatic hydroxyl groups is 1. The van der Waals surface area contributed by atoms with Gasteiger partial charge in [0.2, 0.25) is 0 Å². The van der Waals surface area contributed by atoms with Gasteiger partial charge in [-0.05, 0) is 44.6 Å². The molecule has 0 aromatic heterocycles. The van der Waals surface area contributed by atoms with Gasteiger partial charge in [0.25, 0.3) is 0 Å². The lowest BCUT2D eigenvalue weighted by Crippen LogP contribution is -2.13. The Morgan fingerprint density at radius 3 is 2.14 bits per heavy atom. The lowest BCUT2D eigenvalue weighted by atomic mass is 10.1. The van der Waals surface area contributed by atoms with Crippen molar-refractivity contribution in [2.45, 2.75) is 19.4 Å². The van der Waals surface area contributed by atoms with E-state index in [1.54, 1.807) is 0 Å². The summed E-state index contributed by atoms with van der Waals surface area (Å²) in [6, 6.07) is 8.18. The summed E-state index contributed by atoms with van der Waals surface area (Å²) in [5, 5.41) is 8.87. The van der Waals surface area contributed by atoms with E-state index in [4.69, 9.17) is 5.11 Å². The van der Waals surface area contributed by atoms with E-state index < -0.39 is 0 Å². The molecule has 0 unspecified atom stereocenters. The molecular weight excluding hydrogens is 174 g/mol. The fourth-order valence-corrected chi connectivity index (χ4v) is 1.41. The van der Waals surface area contributed by atoms with Crippen LogP contribution in [0.4, 0.5) is 0 Å². The number of benzene rings is 1. The molecule has 0 aliphatic carbocycles. The van der Waals surface area contributed by atoms with Crippen molar-refractivity contribution in [1.82, 2.24) is 4.90 Å². The normalized spacial score (nSPS) is 10.9. The van der Waals surface area contributed by atoms with Crippen LogP contribution in [0.15, 0.2) is 24.3 Å². The highest BCUT2D eigenvalue weighted by Gasteiger charge is 1.95. The highest BCUT2D eigenvalue weighted by atomic mass is 16.3. The van der Waals surface area contributed by atoms with Gasteiger partial charge >= 0.3 is 0 Å². The van der Waals surface area contributed by atoms with Crippen LogP contribution in [-0.4, -0.2) is 30.6 Å². The van der Waals surface area contributed by atoms with E-state index in [1.807, 2.05) is 12.1 Å². The molecule has 0 aliphatic rings. The molecule has 1 aromatic rings. The third kappa shape index (κ3) is 3.90. The largest absolute Gasteiger partial charge is 0.392 e. The van der Waals surface area contributed by atoms with Gasteiger partial charge in [0.15, 0.2) is 0 Å². The summed E-state index contributed by atoms with van der Waals surface area (Å²) in [6.45, 7) is 1.26. The molecule has 0 bridgehead atoms. The zero-order valence-electron chi connectivity index (χ0n) is 9.03. The first-order valence-corrected chi connectivity index (χ1v) is 5.06. The lowest BCUT2D eigenvalue weighted by Gasteiger charge is -2.08. The van der Waals surface area contributed by atoms with E-state index in [2.05, 4.69) is 31.1 Å². The molecule has 0 amide bonds. The molecule has 0 saturated carbocycles. The van der Waals surface area contributed by atoms with Gasteiger partial charge in [-0.1, -0.05) is 24.3 Å². The second kappa shape index (κ2) is 5.78. The quantitative estimate of drug-likeness (QED) is 0.769. The summed E-state index contributed by atoms with van der Waals surface area (Å²) in [4.78, 5) is 2.20. The molecule has 0 radical (unpaired) electrons. The Morgan fingerprint density at radius 2 is 1.64 bits per heavy atom. The van der Waals surface area contributed by atoms with Gasteiger partial charge in [0.05, 0.1) is 6.61 Å². The molecule has 0 heterocycles. The van der Waals surface area contributed by atoms with Crippen molar-refractivity contribution < 1.29 is 5.11 Å². The SMILES string of the molecule is CN(C)CCCc1ccc(CO)cc1. The van der Waals surface area contributed by atoms with Crippen LogP contribution in [0.25, 0.3) is 0 Å². The second-order valence-corrected chi connectivity index (χ2v) is 3.88. The van der Waals surface area contributed by atoms with Crippen LogP contribution in [0.2, 0.25) is 0 Å². The molecule has 0 atom stereocenters. The summed E-state index contributed by atoms with van der Waals surface area (Å²) in [6.07, 6.45) is 2.30. The van der Waals surface area contributed by atoms with Crippen LogP contribution in [0.5, 0.6) is 0 Å². The number of rotatable bonds is 5. The Balaban J connectivity index is 2.36. The van der Waals surface area contributed by atoms with E-state index in [0.717, 1.165) is 18.5 Å². The van der Waals surface area contributed by atoms with E-state index in [1.165, 1.54) is 12.0 Å². The predicted octanol–water partition coefficient (Wildman–Crippen LogP) is 1.67. The summed E-state index contributed by atoms with van der Waals surface area (Å²) >= 11 is 0. The van der Waals surface area contributed by atoms with Gasteiger partial charge in [0.1, 0.15) is 0 Å². The Labute approximate surface area is 86.2 Å². The van der Waals surface area contributed by atoms with E-state index in [0.29, 0.717) is 0 Å². The number of hydrogen-bond acceptors (Lipinski definition) is 2. The first kappa shape index (κ1) is 11.2. The van der Waals surface area contributed by atoms with Crippen LogP contribution < -0.4 is 0 Å². The van der Waals surface area contributed by atoms with Gasteiger partial charge in [0, 0.05) is 0 Å². The van der Waals surface area contributed by atoms with Crippen LogP contribution in [0, 0.1) is 0 Å². The number of hydrogen-bond donors (Lipinski definition) is 1. The van der Waals surface area contributed by atoms with Crippen molar-refractivity contribution in [3.63, 3.8) is 0 Å². The van der Waals surface area contributed by atoms with Gasteiger partial charge in [-0.25, -0.2) is 0 Å². The molecule has 0 aliphatic heterocycles. The molecule has 1 N–H and O–H groups in total. The van der Waals surface area contributed by atoms with Crippen molar-refractivity contribution >= 4 is 0 Å². The van der Waals surface area contributed by atoms with Gasteiger partial charge < -0.3 is 10.0 Å². The van der Waals surface area contributed by atoms with E-state index in [-0.39, 0.29) is 6.61 Å². The van der Waals surface area contributed by atoms with Gasteiger partial charge in [-0.3, -0.25) is 0 Å². The van der Waals surface area contributed by atoms with Crippen molar-refractivity contribution in [3.8, 4) is 0 Å². The van der Waals surface area contributed by atoms with E-state index in [9.17, 15) is 0 Å². The fourth-order valence-electron chi connectivity index (χ4n) is 1.41. The summed E-state index contributed by atoms with van der Waals surface area (Å²) < 4.78 is 0. The van der Waals surface area contributed by atoms with Crippen LogP contribution >= 0.6 is 0 Å². The molecule has 1 aromatic carbocycles. The van der Waals surface area contributed by atoms with Crippen LogP contribution in [0.3, 0.4) is 0 Å². The molecular formula is C12H19NO. The zero-order valence-corrected chi connectivity index (χ0v) is 9.03. The second-order valence-electron chi connectivity index (χ2n) is 3.88. The van der Waals surface area contributed by atoms with Crippen molar-refractivity contribution in [1.29, 1.82) is 0 Å². The van der Waals surface area contributed by atoms with Gasteiger partial charge in [-0.2, -0.15) is 0 Å².